The quantitative estimate of drug-likeness (QED) is 0.899. The summed E-state index contributed by atoms with van der Waals surface area (Å²) in [6.45, 7) is 9.28. The summed E-state index contributed by atoms with van der Waals surface area (Å²) in [5.74, 6) is 0.910. The van der Waals surface area contributed by atoms with Gasteiger partial charge in [-0.3, -0.25) is 0 Å². The lowest BCUT2D eigenvalue weighted by atomic mass is 9.87. The molecule has 0 radical (unpaired) electrons. The second-order valence-electron chi connectivity index (χ2n) is 5.67. The number of fused-ring (bicyclic) bond motifs is 1. The Hall–Kier alpha value is -1.06. The summed E-state index contributed by atoms with van der Waals surface area (Å²) < 4.78 is 2.12. The molecule has 1 unspecified atom stereocenters. The number of rotatable bonds is 2. The number of nitrogens with two attached hydrogens (primary N) is 1. The maximum atomic E-state index is 6.34. The lowest BCUT2D eigenvalue weighted by Gasteiger charge is -2.27. The van der Waals surface area contributed by atoms with E-state index in [4.69, 9.17) is 17.3 Å². The maximum absolute atomic E-state index is 6.34. The number of hydrogen-bond donors (Lipinski definition) is 1. The molecule has 0 aliphatic rings. The Balaban J connectivity index is 2.69. The minimum atomic E-state index is -0.110. The van der Waals surface area contributed by atoms with Gasteiger partial charge >= 0.3 is 0 Å². The fourth-order valence-corrected chi connectivity index (χ4v) is 2.38. The number of halogens is 1. The van der Waals surface area contributed by atoms with Crippen molar-refractivity contribution >= 4 is 22.6 Å². The molecule has 3 nitrogen and oxygen atoms in total. The molecule has 0 aliphatic carbocycles. The molecule has 1 aromatic heterocycles. The molecule has 98 valence electrons. The Morgan fingerprint density at radius 3 is 2.61 bits per heavy atom. The molecular formula is C14H20ClN3. The topological polar surface area (TPSA) is 43.8 Å². The highest BCUT2D eigenvalue weighted by Gasteiger charge is 2.27. The highest BCUT2D eigenvalue weighted by molar-refractivity contribution is 6.35. The van der Waals surface area contributed by atoms with Gasteiger partial charge < -0.3 is 10.3 Å². The van der Waals surface area contributed by atoms with Gasteiger partial charge in [0.25, 0.3) is 0 Å². The third kappa shape index (κ3) is 2.13. The van der Waals surface area contributed by atoms with E-state index in [2.05, 4.69) is 37.2 Å². The molecule has 0 fully saturated rings. The summed E-state index contributed by atoms with van der Waals surface area (Å²) >= 11 is 6.27. The summed E-state index contributed by atoms with van der Waals surface area (Å²) in [6.07, 6.45) is 0. The van der Waals surface area contributed by atoms with Gasteiger partial charge in [-0.05, 0) is 24.5 Å². The fourth-order valence-electron chi connectivity index (χ4n) is 2.10. The highest BCUT2D eigenvalue weighted by Crippen LogP contribution is 2.33. The van der Waals surface area contributed by atoms with Crippen LogP contribution in [0.25, 0.3) is 11.0 Å². The van der Waals surface area contributed by atoms with Crippen LogP contribution in [-0.4, -0.2) is 9.55 Å². The average molecular weight is 266 g/mol. The van der Waals surface area contributed by atoms with Gasteiger partial charge in [0, 0.05) is 6.54 Å². The van der Waals surface area contributed by atoms with Gasteiger partial charge in [-0.15, -0.1) is 0 Å². The van der Waals surface area contributed by atoms with Crippen LogP contribution in [0.5, 0.6) is 0 Å². The second-order valence-corrected chi connectivity index (χ2v) is 6.07. The fraction of sp³-hybridized carbons (Fsp3) is 0.500. The van der Waals surface area contributed by atoms with Crippen LogP contribution in [0.2, 0.25) is 5.02 Å². The first-order valence-electron chi connectivity index (χ1n) is 6.26. The zero-order chi connectivity index (χ0) is 13.5. The van der Waals surface area contributed by atoms with E-state index in [0.29, 0.717) is 0 Å². The third-order valence-corrected chi connectivity index (χ3v) is 3.58. The molecule has 0 saturated heterocycles. The Labute approximate surface area is 113 Å². The van der Waals surface area contributed by atoms with Crippen LogP contribution < -0.4 is 5.73 Å². The van der Waals surface area contributed by atoms with E-state index in [1.807, 2.05) is 18.2 Å². The number of benzene rings is 1. The van der Waals surface area contributed by atoms with Crippen molar-refractivity contribution in [3.05, 3.63) is 29.0 Å². The molecule has 0 amide bonds. The van der Waals surface area contributed by atoms with E-state index < -0.39 is 0 Å². The van der Waals surface area contributed by atoms with E-state index in [0.717, 1.165) is 28.4 Å². The minimum absolute atomic E-state index is 0.0270. The second kappa shape index (κ2) is 4.56. The molecule has 18 heavy (non-hydrogen) atoms. The van der Waals surface area contributed by atoms with Crippen molar-refractivity contribution in [2.45, 2.75) is 40.3 Å². The first-order valence-corrected chi connectivity index (χ1v) is 6.64. The first kappa shape index (κ1) is 13.4. The Bertz CT molecular complexity index is 566. The van der Waals surface area contributed by atoms with Gasteiger partial charge in [0.15, 0.2) is 0 Å². The van der Waals surface area contributed by atoms with Crippen LogP contribution in [0, 0.1) is 5.41 Å². The predicted octanol–water partition coefficient (Wildman–Crippen LogP) is 3.76. The summed E-state index contributed by atoms with van der Waals surface area (Å²) in [5, 5.41) is 0.731. The normalized spacial score (nSPS) is 14.1. The van der Waals surface area contributed by atoms with Crippen molar-refractivity contribution in [1.82, 2.24) is 9.55 Å². The van der Waals surface area contributed by atoms with Crippen LogP contribution in [0.3, 0.4) is 0 Å². The van der Waals surface area contributed by atoms with Crippen molar-refractivity contribution in [2.75, 3.05) is 0 Å². The molecule has 0 spiro atoms. The zero-order valence-corrected chi connectivity index (χ0v) is 12.1. The number of aryl methyl sites for hydroxylation is 1. The van der Waals surface area contributed by atoms with Gasteiger partial charge in [0.2, 0.25) is 0 Å². The molecule has 2 N–H and O–H groups in total. The van der Waals surface area contributed by atoms with Crippen molar-refractivity contribution in [3.63, 3.8) is 0 Å². The van der Waals surface area contributed by atoms with Gasteiger partial charge in [-0.1, -0.05) is 38.4 Å². The zero-order valence-electron chi connectivity index (χ0n) is 11.4. The third-order valence-electron chi connectivity index (χ3n) is 3.27. The summed E-state index contributed by atoms with van der Waals surface area (Å²) in [6, 6.07) is 5.68. The highest BCUT2D eigenvalue weighted by atomic mass is 35.5. The van der Waals surface area contributed by atoms with Crippen LogP contribution >= 0.6 is 11.6 Å². The largest absolute Gasteiger partial charge is 0.326 e. The molecule has 1 aromatic carbocycles. The lowest BCUT2D eigenvalue weighted by molar-refractivity contribution is 0.309. The van der Waals surface area contributed by atoms with E-state index in [9.17, 15) is 0 Å². The molecule has 2 aromatic rings. The van der Waals surface area contributed by atoms with Gasteiger partial charge in [0.1, 0.15) is 5.82 Å². The molecule has 2 rings (SSSR count). The van der Waals surface area contributed by atoms with Crippen LogP contribution in [0.1, 0.15) is 39.6 Å². The number of imidazole rings is 1. The number of para-hydroxylation sites is 1. The summed E-state index contributed by atoms with van der Waals surface area (Å²) in [7, 11) is 0. The van der Waals surface area contributed by atoms with Gasteiger partial charge in [0.05, 0.1) is 22.1 Å². The standard InChI is InChI=1S/C14H20ClN3/c1-5-18-11-9(15)7-6-8-10(11)17-13(18)12(16)14(2,3)4/h6-8,12H,5,16H2,1-4H3. The van der Waals surface area contributed by atoms with Crippen molar-refractivity contribution < 1.29 is 0 Å². The van der Waals surface area contributed by atoms with Crippen molar-refractivity contribution in [2.24, 2.45) is 11.1 Å². The lowest BCUT2D eigenvalue weighted by Crippen LogP contribution is -2.29. The molecule has 0 bridgehead atoms. The monoisotopic (exact) mass is 265 g/mol. The van der Waals surface area contributed by atoms with Gasteiger partial charge in [-0.25, -0.2) is 4.98 Å². The molecule has 1 heterocycles. The maximum Gasteiger partial charge on any atom is 0.127 e. The minimum Gasteiger partial charge on any atom is -0.326 e. The summed E-state index contributed by atoms with van der Waals surface area (Å²) in [4.78, 5) is 4.66. The average Bonchev–Trinajstić information content (AvgIpc) is 2.66. The van der Waals surface area contributed by atoms with Crippen LogP contribution in [-0.2, 0) is 6.54 Å². The number of aromatic nitrogens is 2. The Morgan fingerprint density at radius 1 is 1.39 bits per heavy atom. The van der Waals surface area contributed by atoms with E-state index >= 15 is 0 Å². The Kier molecular flexibility index (Phi) is 3.39. The first-order chi connectivity index (χ1) is 8.36. The van der Waals surface area contributed by atoms with Crippen LogP contribution in [0.4, 0.5) is 0 Å². The van der Waals surface area contributed by atoms with Crippen molar-refractivity contribution in [1.29, 1.82) is 0 Å². The smallest absolute Gasteiger partial charge is 0.127 e. The SMILES string of the molecule is CCn1c(C(N)C(C)(C)C)nc2cccc(Cl)c21. The predicted molar refractivity (Wildman–Crippen MR) is 76.8 cm³/mol. The summed E-state index contributed by atoms with van der Waals surface area (Å²) in [5.41, 5.74) is 8.21. The van der Waals surface area contributed by atoms with E-state index in [-0.39, 0.29) is 11.5 Å². The Morgan fingerprint density at radius 2 is 2.06 bits per heavy atom. The van der Waals surface area contributed by atoms with E-state index in [1.54, 1.807) is 0 Å². The van der Waals surface area contributed by atoms with E-state index in [1.165, 1.54) is 0 Å². The van der Waals surface area contributed by atoms with Crippen LogP contribution in [0.15, 0.2) is 18.2 Å². The molecule has 0 saturated carbocycles. The number of nitrogens with zero attached hydrogens (tertiary/aromatic N) is 2. The van der Waals surface area contributed by atoms with Crippen molar-refractivity contribution in [3.8, 4) is 0 Å². The molecular weight excluding hydrogens is 246 g/mol. The molecule has 4 heteroatoms. The molecule has 1 atom stereocenters. The van der Waals surface area contributed by atoms with Gasteiger partial charge in [-0.2, -0.15) is 0 Å². The molecule has 0 aliphatic heterocycles. The number of hydrogen-bond acceptors (Lipinski definition) is 2.